The molecule has 212 valence electrons. The largest absolute Gasteiger partial charge is 0.493 e. The van der Waals surface area contributed by atoms with Crippen LogP contribution in [-0.2, 0) is 21.4 Å². The molecule has 1 amide bonds. The van der Waals surface area contributed by atoms with E-state index < -0.39 is 22.5 Å². The molecule has 0 aliphatic carbocycles. The number of benzene rings is 4. The Morgan fingerprint density at radius 1 is 0.951 bits per heavy atom. The third kappa shape index (κ3) is 8.13. The highest BCUT2D eigenvalue weighted by atomic mass is 127. The van der Waals surface area contributed by atoms with Crippen molar-refractivity contribution in [2.75, 3.05) is 18.0 Å². The number of halogens is 3. The van der Waals surface area contributed by atoms with Crippen molar-refractivity contribution >= 4 is 73.6 Å². The summed E-state index contributed by atoms with van der Waals surface area (Å²) in [6, 6.07) is 25.2. The third-order valence-corrected chi connectivity index (χ3v) is 8.95. The van der Waals surface area contributed by atoms with Crippen molar-refractivity contribution in [1.82, 2.24) is 5.43 Å². The van der Waals surface area contributed by atoms with Crippen molar-refractivity contribution in [1.29, 1.82) is 0 Å². The zero-order chi connectivity index (χ0) is 29.4. The molecule has 4 aromatic carbocycles. The summed E-state index contributed by atoms with van der Waals surface area (Å²) in [5.74, 6) is 0.339. The summed E-state index contributed by atoms with van der Waals surface area (Å²) in [4.78, 5) is 12.9. The zero-order valence-corrected chi connectivity index (χ0v) is 26.1. The minimum Gasteiger partial charge on any atom is -0.493 e. The van der Waals surface area contributed by atoms with Gasteiger partial charge in [-0.25, -0.2) is 13.8 Å². The van der Waals surface area contributed by atoms with Crippen LogP contribution in [0.3, 0.4) is 0 Å². The van der Waals surface area contributed by atoms with Crippen LogP contribution in [0.4, 0.5) is 5.69 Å². The Balaban J connectivity index is 1.44. The molecule has 4 rings (SSSR count). The van der Waals surface area contributed by atoms with Crippen LogP contribution in [0.2, 0.25) is 10.0 Å². The molecule has 0 spiro atoms. The van der Waals surface area contributed by atoms with Gasteiger partial charge in [-0.1, -0.05) is 47.5 Å². The maximum Gasteiger partial charge on any atom is 0.264 e. The average Bonchev–Trinajstić information content (AvgIpc) is 2.97. The predicted molar refractivity (Wildman–Crippen MR) is 170 cm³/mol. The van der Waals surface area contributed by atoms with Gasteiger partial charge in [-0.15, -0.1) is 0 Å². The molecular formula is C29H24Cl2IN3O5S. The number of hydrogen-bond acceptors (Lipinski definition) is 6. The highest BCUT2D eigenvalue weighted by molar-refractivity contribution is 14.1. The number of hydrogen-bond donors (Lipinski definition) is 1. The van der Waals surface area contributed by atoms with Gasteiger partial charge in [0.05, 0.1) is 34.0 Å². The number of sulfonamides is 1. The van der Waals surface area contributed by atoms with Gasteiger partial charge >= 0.3 is 0 Å². The number of ether oxygens (including phenoxy) is 2. The molecule has 0 heterocycles. The molecule has 0 fully saturated rings. The molecule has 0 aliphatic heterocycles. The second kappa shape index (κ2) is 14.0. The molecule has 1 N–H and O–H groups in total. The Morgan fingerprint density at radius 3 is 2.37 bits per heavy atom. The third-order valence-electron chi connectivity index (χ3n) is 5.70. The van der Waals surface area contributed by atoms with Crippen molar-refractivity contribution in [3.8, 4) is 11.5 Å². The maximum atomic E-state index is 13.4. The lowest BCUT2D eigenvalue weighted by molar-refractivity contribution is -0.119. The molecule has 4 aromatic rings. The second-order valence-electron chi connectivity index (χ2n) is 8.54. The smallest absolute Gasteiger partial charge is 0.264 e. The predicted octanol–water partition coefficient (Wildman–Crippen LogP) is 6.53. The van der Waals surface area contributed by atoms with Crippen LogP contribution in [-0.4, -0.2) is 34.2 Å². The summed E-state index contributed by atoms with van der Waals surface area (Å²) in [7, 11) is -2.50. The number of anilines is 1. The fourth-order valence-corrected chi connectivity index (χ4v) is 5.78. The van der Waals surface area contributed by atoms with Gasteiger partial charge in [-0.2, -0.15) is 5.10 Å². The summed E-state index contributed by atoms with van der Waals surface area (Å²) in [5.41, 5.74) is 4.22. The number of rotatable bonds is 11. The fourth-order valence-electron chi connectivity index (χ4n) is 3.66. The molecule has 12 heteroatoms. The molecular weight excluding hydrogens is 700 g/mol. The highest BCUT2D eigenvalue weighted by Gasteiger charge is 2.27. The molecule has 0 unspecified atom stereocenters. The van der Waals surface area contributed by atoms with Gasteiger partial charge in [0.1, 0.15) is 13.2 Å². The first-order valence-corrected chi connectivity index (χ1v) is 15.3. The number of carbonyl (C=O) groups is 1. The lowest BCUT2D eigenvalue weighted by Gasteiger charge is -2.23. The number of nitrogens with one attached hydrogen (secondary N) is 1. The Hall–Kier alpha value is -3.32. The monoisotopic (exact) mass is 723 g/mol. The van der Waals surface area contributed by atoms with Gasteiger partial charge in [0.2, 0.25) is 0 Å². The van der Waals surface area contributed by atoms with Crippen molar-refractivity contribution in [2.45, 2.75) is 11.5 Å². The maximum absolute atomic E-state index is 13.4. The van der Waals surface area contributed by atoms with E-state index in [2.05, 4.69) is 33.1 Å². The van der Waals surface area contributed by atoms with E-state index in [0.29, 0.717) is 32.8 Å². The summed E-state index contributed by atoms with van der Waals surface area (Å²) in [5, 5.41) is 4.90. The lowest BCUT2D eigenvalue weighted by Crippen LogP contribution is -2.39. The number of carbonyl (C=O) groups excluding carboxylic acids is 1. The first-order valence-electron chi connectivity index (χ1n) is 12.1. The quantitative estimate of drug-likeness (QED) is 0.108. The molecule has 0 saturated carbocycles. The molecule has 0 aliphatic rings. The van der Waals surface area contributed by atoms with Crippen LogP contribution in [0.15, 0.2) is 101 Å². The summed E-state index contributed by atoms with van der Waals surface area (Å²) < 4.78 is 40.1. The van der Waals surface area contributed by atoms with Crippen LogP contribution in [0, 0.1) is 3.57 Å². The van der Waals surface area contributed by atoms with E-state index in [1.165, 1.54) is 25.5 Å². The molecule has 0 radical (unpaired) electrons. The molecule has 41 heavy (non-hydrogen) atoms. The van der Waals surface area contributed by atoms with E-state index in [0.717, 1.165) is 13.4 Å². The number of methoxy groups -OCH3 is 1. The normalized spacial score (nSPS) is 11.3. The number of amides is 1. The highest BCUT2D eigenvalue weighted by Crippen LogP contribution is 2.30. The molecule has 8 nitrogen and oxygen atoms in total. The SMILES string of the molecule is COc1cc(/C=N\NC(=O)CN(c2ccc(I)cc2)S(=O)(=O)c2ccccc2)ccc1OCc1ccc(Cl)c(Cl)c1. The Kier molecular flexibility index (Phi) is 10.5. The first-order chi connectivity index (χ1) is 19.7. The number of nitrogens with zero attached hydrogens (tertiary/aromatic N) is 2. The summed E-state index contributed by atoms with van der Waals surface area (Å²) in [6.07, 6.45) is 1.42. The van der Waals surface area contributed by atoms with Gasteiger partial charge in [-0.05, 0) is 100 Å². The number of hydrazone groups is 1. The first kappa shape index (κ1) is 30.6. The average molecular weight is 724 g/mol. The summed E-state index contributed by atoms with van der Waals surface area (Å²) >= 11 is 14.2. The van der Waals surface area contributed by atoms with Crippen molar-refractivity contribution in [3.05, 3.63) is 116 Å². The van der Waals surface area contributed by atoms with E-state index in [1.54, 1.807) is 72.8 Å². The standard InChI is InChI=1S/C29H24Cl2IN3O5S/c1-39-28-16-20(8-14-27(28)40-19-21-7-13-25(30)26(31)15-21)17-33-34-29(36)18-35(23-11-9-22(32)10-12-23)41(37,38)24-5-3-2-4-6-24/h2-17H,18-19H2,1H3,(H,34,36)/b33-17-. The zero-order valence-electron chi connectivity index (χ0n) is 21.6. The van der Waals surface area contributed by atoms with Gasteiger partial charge in [0.25, 0.3) is 15.9 Å². The fraction of sp³-hybridized carbons (Fsp3) is 0.103. The van der Waals surface area contributed by atoms with E-state index >= 15 is 0 Å². The molecule has 0 bridgehead atoms. The van der Waals surface area contributed by atoms with Crippen molar-refractivity contribution < 1.29 is 22.7 Å². The van der Waals surface area contributed by atoms with Crippen LogP contribution in [0.1, 0.15) is 11.1 Å². The van der Waals surface area contributed by atoms with Crippen molar-refractivity contribution in [2.24, 2.45) is 5.10 Å². The van der Waals surface area contributed by atoms with E-state index in [-0.39, 0.29) is 11.5 Å². The summed E-state index contributed by atoms with van der Waals surface area (Å²) in [6.45, 7) is -0.223. The molecule has 0 aromatic heterocycles. The van der Waals surface area contributed by atoms with Crippen LogP contribution in [0.25, 0.3) is 0 Å². The minimum atomic E-state index is -4.01. The molecule has 0 atom stereocenters. The van der Waals surface area contributed by atoms with Crippen LogP contribution in [0.5, 0.6) is 11.5 Å². The van der Waals surface area contributed by atoms with E-state index in [4.69, 9.17) is 32.7 Å². The van der Waals surface area contributed by atoms with Crippen molar-refractivity contribution in [3.63, 3.8) is 0 Å². The van der Waals surface area contributed by atoms with E-state index in [9.17, 15) is 13.2 Å². The Labute approximate surface area is 262 Å². The van der Waals surface area contributed by atoms with Gasteiger partial charge in [-0.3, -0.25) is 9.10 Å². The topological polar surface area (TPSA) is 97.3 Å². The minimum absolute atomic E-state index is 0.0726. The van der Waals surface area contributed by atoms with Crippen LogP contribution < -0.4 is 19.2 Å². The lowest BCUT2D eigenvalue weighted by atomic mass is 10.2. The second-order valence-corrected chi connectivity index (χ2v) is 12.5. The molecule has 0 saturated heterocycles. The Morgan fingerprint density at radius 2 is 1.68 bits per heavy atom. The van der Waals surface area contributed by atoms with Gasteiger partial charge < -0.3 is 9.47 Å². The van der Waals surface area contributed by atoms with Gasteiger partial charge in [0.15, 0.2) is 11.5 Å². The van der Waals surface area contributed by atoms with E-state index in [1.807, 2.05) is 6.07 Å². The van der Waals surface area contributed by atoms with Crippen LogP contribution >= 0.6 is 45.8 Å². The van der Waals surface area contributed by atoms with Gasteiger partial charge in [0, 0.05) is 3.57 Å². The Bertz CT molecular complexity index is 1650.